The van der Waals surface area contributed by atoms with E-state index in [1.54, 1.807) is 0 Å². The van der Waals surface area contributed by atoms with Crippen molar-refractivity contribution in [3.05, 3.63) is 35.9 Å². The highest BCUT2D eigenvalue weighted by Gasteiger charge is 2.25. The summed E-state index contributed by atoms with van der Waals surface area (Å²) in [5.74, 6) is 0. The average molecular weight is 190 g/mol. The van der Waals surface area contributed by atoms with Gasteiger partial charge in [-0.25, -0.2) is 0 Å². The van der Waals surface area contributed by atoms with E-state index in [1.807, 2.05) is 6.07 Å². The van der Waals surface area contributed by atoms with Crippen molar-refractivity contribution in [2.24, 2.45) is 5.73 Å². The van der Waals surface area contributed by atoms with Gasteiger partial charge in [-0.05, 0) is 25.3 Å². The summed E-state index contributed by atoms with van der Waals surface area (Å²) in [7, 11) is 0. The molecule has 1 aliphatic rings. The van der Waals surface area contributed by atoms with E-state index in [4.69, 9.17) is 5.73 Å². The minimum Gasteiger partial charge on any atom is -0.326 e. The molecule has 0 spiro atoms. The van der Waals surface area contributed by atoms with Crippen LogP contribution in [0.2, 0.25) is 0 Å². The first-order valence-corrected chi connectivity index (χ1v) is 5.34. The minimum atomic E-state index is 0.258. The van der Waals surface area contributed by atoms with Crippen LogP contribution in [0, 0.1) is 0 Å². The molecular formula is C12H18N2. The van der Waals surface area contributed by atoms with E-state index in [0.29, 0.717) is 12.1 Å². The number of rotatable bonds is 1. The van der Waals surface area contributed by atoms with Gasteiger partial charge in [0.25, 0.3) is 0 Å². The second-order valence-electron chi connectivity index (χ2n) is 4.20. The van der Waals surface area contributed by atoms with Crippen molar-refractivity contribution in [1.82, 2.24) is 5.32 Å². The third-order valence-corrected chi connectivity index (χ3v) is 2.98. The number of hydrogen-bond acceptors (Lipinski definition) is 2. The molecule has 0 aliphatic carbocycles. The van der Waals surface area contributed by atoms with Crippen LogP contribution in [0.25, 0.3) is 0 Å². The summed E-state index contributed by atoms with van der Waals surface area (Å²) in [4.78, 5) is 0. The highest BCUT2D eigenvalue weighted by molar-refractivity contribution is 5.21. The molecular weight excluding hydrogens is 172 g/mol. The molecule has 76 valence electrons. The maximum Gasteiger partial charge on any atom is 0.0475 e. The fourth-order valence-electron chi connectivity index (χ4n) is 2.13. The topological polar surface area (TPSA) is 38.0 Å². The van der Waals surface area contributed by atoms with Crippen LogP contribution in [0.3, 0.4) is 0 Å². The predicted molar refractivity (Wildman–Crippen MR) is 59.0 cm³/mol. The lowest BCUT2D eigenvalue weighted by molar-refractivity contribution is 0.301. The Hall–Kier alpha value is -0.860. The first-order valence-electron chi connectivity index (χ1n) is 5.34. The monoisotopic (exact) mass is 190 g/mol. The normalized spacial score (nSPS) is 32.9. The third kappa shape index (κ3) is 1.97. The fraction of sp³-hybridized carbons (Fsp3) is 0.500. The maximum absolute atomic E-state index is 6.11. The molecule has 1 fully saturated rings. The van der Waals surface area contributed by atoms with Crippen molar-refractivity contribution < 1.29 is 0 Å². The first kappa shape index (κ1) is 9.69. The standard InChI is InChI=1S/C12H18N2/c1-9-7-8-11(13)12(14-9)10-5-3-2-4-6-10/h2-6,9,11-12,14H,7-8,13H2,1H3. The van der Waals surface area contributed by atoms with Gasteiger partial charge in [0, 0.05) is 18.1 Å². The molecule has 0 bridgehead atoms. The van der Waals surface area contributed by atoms with Crippen LogP contribution in [0.4, 0.5) is 0 Å². The van der Waals surface area contributed by atoms with Crippen LogP contribution in [0.5, 0.6) is 0 Å². The van der Waals surface area contributed by atoms with E-state index in [9.17, 15) is 0 Å². The van der Waals surface area contributed by atoms with Crippen LogP contribution in [0.15, 0.2) is 30.3 Å². The molecule has 3 unspecified atom stereocenters. The lowest BCUT2D eigenvalue weighted by Gasteiger charge is -2.34. The van der Waals surface area contributed by atoms with Gasteiger partial charge in [0.05, 0.1) is 0 Å². The summed E-state index contributed by atoms with van der Waals surface area (Å²) in [6, 6.07) is 11.7. The van der Waals surface area contributed by atoms with Crippen molar-refractivity contribution in [3.8, 4) is 0 Å². The molecule has 1 aromatic rings. The van der Waals surface area contributed by atoms with Gasteiger partial charge in [0.15, 0.2) is 0 Å². The van der Waals surface area contributed by atoms with E-state index in [1.165, 1.54) is 12.0 Å². The molecule has 0 saturated carbocycles. The highest BCUT2D eigenvalue weighted by atomic mass is 15.0. The Balaban J connectivity index is 2.16. The number of nitrogens with two attached hydrogens (primary N) is 1. The average Bonchev–Trinajstić information content (AvgIpc) is 2.23. The molecule has 3 N–H and O–H groups in total. The van der Waals surface area contributed by atoms with E-state index < -0.39 is 0 Å². The van der Waals surface area contributed by atoms with Gasteiger partial charge in [-0.2, -0.15) is 0 Å². The zero-order valence-electron chi connectivity index (χ0n) is 8.61. The molecule has 1 aromatic carbocycles. The van der Waals surface area contributed by atoms with Crippen LogP contribution in [0.1, 0.15) is 31.4 Å². The fourth-order valence-corrected chi connectivity index (χ4v) is 2.13. The molecule has 1 aliphatic heterocycles. The lowest BCUT2D eigenvalue weighted by Crippen LogP contribution is -2.46. The molecule has 1 saturated heterocycles. The van der Waals surface area contributed by atoms with Crippen LogP contribution >= 0.6 is 0 Å². The molecule has 2 heteroatoms. The second-order valence-corrected chi connectivity index (χ2v) is 4.20. The van der Waals surface area contributed by atoms with Crippen molar-refractivity contribution >= 4 is 0 Å². The summed E-state index contributed by atoms with van der Waals surface area (Å²) in [6.07, 6.45) is 2.30. The molecule has 0 amide bonds. The highest BCUT2D eigenvalue weighted by Crippen LogP contribution is 2.24. The van der Waals surface area contributed by atoms with Crippen LogP contribution in [-0.2, 0) is 0 Å². The predicted octanol–water partition coefficient (Wildman–Crippen LogP) is 1.83. The molecule has 2 rings (SSSR count). The zero-order valence-corrected chi connectivity index (χ0v) is 8.61. The van der Waals surface area contributed by atoms with Gasteiger partial charge in [-0.15, -0.1) is 0 Å². The number of piperidine rings is 1. The van der Waals surface area contributed by atoms with Crippen molar-refractivity contribution in [1.29, 1.82) is 0 Å². The van der Waals surface area contributed by atoms with Crippen molar-refractivity contribution in [2.75, 3.05) is 0 Å². The Bertz CT molecular complexity index is 284. The van der Waals surface area contributed by atoms with Gasteiger partial charge in [0.2, 0.25) is 0 Å². The van der Waals surface area contributed by atoms with Gasteiger partial charge >= 0.3 is 0 Å². The van der Waals surface area contributed by atoms with Gasteiger partial charge in [-0.1, -0.05) is 30.3 Å². The van der Waals surface area contributed by atoms with Crippen molar-refractivity contribution in [2.45, 2.75) is 37.9 Å². The summed E-state index contributed by atoms with van der Waals surface area (Å²) in [5.41, 5.74) is 7.42. The molecule has 1 heterocycles. The first-order chi connectivity index (χ1) is 6.77. The molecule has 0 radical (unpaired) electrons. The Morgan fingerprint density at radius 3 is 2.64 bits per heavy atom. The smallest absolute Gasteiger partial charge is 0.0475 e. The Morgan fingerprint density at radius 1 is 1.21 bits per heavy atom. The maximum atomic E-state index is 6.11. The summed E-state index contributed by atoms with van der Waals surface area (Å²) in [6.45, 7) is 2.22. The number of benzene rings is 1. The second kappa shape index (κ2) is 4.11. The largest absolute Gasteiger partial charge is 0.326 e. The summed E-state index contributed by atoms with van der Waals surface area (Å²) >= 11 is 0. The lowest BCUT2D eigenvalue weighted by atomic mass is 9.90. The molecule has 2 nitrogen and oxygen atoms in total. The summed E-state index contributed by atoms with van der Waals surface area (Å²) in [5, 5.41) is 3.56. The van der Waals surface area contributed by atoms with E-state index in [0.717, 1.165) is 6.42 Å². The van der Waals surface area contributed by atoms with Crippen LogP contribution in [-0.4, -0.2) is 12.1 Å². The van der Waals surface area contributed by atoms with E-state index in [2.05, 4.69) is 36.5 Å². The molecule has 0 aromatic heterocycles. The summed E-state index contributed by atoms with van der Waals surface area (Å²) < 4.78 is 0. The quantitative estimate of drug-likeness (QED) is 0.709. The van der Waals surface area contributed by atoms with Crippen LogP contribution < -0.4 is 11.1 Å². The molecule has 14 heavy (non-hydrogen) atoms. The Kier molecular flexibility index (Phi) is 2.85. The van der Waals surface area contributed by atoms with E-state index >= 15 is 0 Å². The number of hydrogen-bond donors (Lipinski definition) is 2. The molecule has 3 atom stereocenters. The Labute approximate surface area is 85.5 Å². The van der Waals surface area contributed by atoms with E-state index in [-0.39, 0.29) is 6.04 Å². The zero-order chi connectivity index (χ0) is 9.97. The minimum absolute atomic E-state index is 0.258. The van der Waals surface area contributed by atoms with Crippen molar-refractivity contribution in [3.63, 3.8) is 0 Å². The third-order valence-electron chi connectivity index (χ3n) is 2.98. The Morgan fingerprint density at radius 2 is 1.93 bits per heavy atom. The number of nitrogens with one attached hydrogen (secondary N) is 1. The van der Waals surface area contributed by atoms with Gasteiger partial charge in [0.1, 0.15) is 0 Å². The SMILES string of the molecule is CC1CCC(N)C(c2ccccc2)N1. The van der Waals surface area contributed by atoms with Gasteiger partial charge in [-0.3, -0.25) is 0 Å². The van der Waals surface area contributed by atoms with Gasteiger partial charge < -0.3 is 11.1 Å².